The van der Waals surface area contributed by atoms with Crippen molar-refractivity contribution < 1.29 is 34.4 Å². The maximum absolute atomic E-state index is 14.7. The summed E-state index contributed by atoms with van der Waals surface area (Å²) >= 11 is 0. The second kappa shape index (κ2) is 7.95. The van der Waals surface area contributed by atoms with Gasteiger partial charge in [-0.2, -0.15) is 0 Å². The molecule has 45 heavy (non-hydrogen) atoms. The van der Waals surface area contributed by atoms with Gasteiger partial charge in [0.25, 0.3) is 11.6 Å². The van der Waals surface area contributed by atoms with Gasteiger partial charge in [0.05, 0.1) is 11.8 Å². The van der Waals surface area contributed by atoms with Crippen molar-refractivity contribution in [2.75, 3.05) is 0 Å². The lowest BCUT2D eigenvalue weighted by Crippen LogP contribution is -2.65. The van der Waals surface area contributed by atoms with E-state index in [0.29, 0.717) is 44.2 Å². The number of phenols is 1. The van der Waals surface area contributed by atoms with Crippen molar-refractivity contribution in [2.24, 2.45) is 0 Å². The average Bonchev–Trinajstić information content (AvgIpc) is 3.06. The fraction of sp³-hybridized carbons (Fsp3) is 0.105. The van der Waals surface area contributed by atoms with Crippen LogP contribution >= 0.6 is 0 Å². The molecule has 2 aliphatic heterocycles. The monoisotopic (exact) mass is 590 g/mol. The number of aromatic hydroxyl groups is 1. The van der Waals surface area contributed by atoms with Crippen LogP contribution in [0.5, 0.6) is 17.2 Å². The predicted molar refractivity (Wildman–Crippen MR) is 166 cm³/mol. The van der Waals surface area contributed by atoms with Crippen LogP contribution in [-0.2, 0) is 0 Å². The number of carbonyl (C=O) groups is 2. The predicted octanol–water partition coefficient (Wildman–Crippen LogP) is 6.45. The Hall–Kier alpha value is -5.50. The van der Waals surface area contributed by atoms with E-state index in [-0.39, 0.29) is 22.8 Å². The Bertz CT molecular complexity index is 2360. The summed E-state index contributed by atoms with van der Waals surface area (Å²) in [6.45, 7) is 0. The van der Waals surface area contributed by atoms with E-state index in [0.717, 1.165) is 16.3 Å². The Morgan fingerprint density at radius 1 is 0.533 bits per heavy atom. The summed E-state index contributed by atoms with van der Waals surface area (Å²) in [4.78, 5) is 29.4. The van der Waals surface area contributed by atoms with Crippen LogP contribution in [0.25, 0.3) is 43.8 Å². The van der Waals surface area contributed by atoms with Crippen LogP contribution < -0.4 is 9.47 Å². The fourth-order valence-corrected chi connectivity index (χ4v) is 8.23. The lowest BCUT2D eigenvalue weighted by molar-refractivity contribution is -0.193. The Balaban J connectivity index is 1.33. The summed E-state index contributed by atoms with van der Waals surface area (Å²) < 4.78 is 12.8. The first-order valence-corrected chi connectivity index (χ1v) is 14.8. The number of benzene rings is 6. The summed E-state index contributed by atoms with van der Waals surface area (Å²) in [5.41, 5.74) is 4.27. The standard InChI is InChI=1S/C38H22O7/c39-22-12-6-19(7-13-22)24-15-9-21-11-17-26-32-28(21)30(24)36(41)38(43)34(32)33-31-25(45-38)16-10-20-8-14-23(18-4-2-1-3-5-18)29(27(20)31)35(40)37(33,42)44-26/h1-17,33-34,39,42-43H/t33-,34+,37-,38+/m0/s1. The first-order chi connectivity index (χ1) is 21.8. The van der Waals surface area contributed by atoms with Gasteiger partial charge in [0, 0.05) is 33.0 Å². The lowest BCUT2D eigenvalue weighted by atomic mass is 9.59. The van der Waals surface area contributed by atoms with Gasteiger partial charge in [-0.3, -0.25) is 9.59 Å². The quantitative estimate of drug-likeness (QED) is 0.212. The van der Waals surface area contributed by atoms with Gasteiger partial charge in [0.2, 0.25) is 11.6 Å². The Morgan fingerprint density at radius 3 is 1.47 bits per heavy atom. The van der Waals surface area contributed by atoms with Crippen molar-refractivity contribution in [1.29, 1.82) is 0 Å². The Labute approximate surface area is 255 Å². The van der Waals surface area contributed by atoms with Crippen LogP contribution in [0.2, 0.25) is 0 Å². The minimum atomic E-state index is -2.44. The second-order valence-electron chi connectivity index (χ2n) is 12.3. The zero-order valence-corrected chi connectivity index (χ0v) is 23.4. The van der Waals surface area contributed by atoms with Crippen LogP contribution in [0, 0.1) is 0 Å². The third-order valence-electron chi connectivity index (χ3n) is 10.1. The van der Waals surface area contributed by atoms with Crippen molar-refractivity contribution in [2.45, 2.75) is 23.4 Å². The van der Waals surface area contributed by atoms with E-state index in [9.17, 15) is 24.9 Å². The number of Topliss-reactive ketones (excluding diaryl/α,β-unsaturated/α-hetero) is 2. The van der Waals surface area contributed by atoms with Crippen LogP contribution in [0.4, 0.5) is 0 Å². The van der Waals surface area contributed by atoms with Gasteiger partial charge in [-0.15, -0.1) is 0 Å². The zero-order chi connectivity index (χ0) is 30.4. The third kappa shape index (κ3) is 2.84. The van der Waals surface area contributed by atoms with Crippen molar-refractivity contribution in [3.8, 4) is 39.5 Å². The molecule has 10 rings (SSSR count). The highest BCUT2D eigenvalue weighted by Crippen LogP contribution is 2.66. The number of phenolic OH excluding ortho intramolecular Hbond substituents is 1. The molecule has 0 spiro atoms. The SMILES string of the molecule is O=C1c2c(-c3ccc(O)cc3)ccc3ccc4c(c23)[C@@H]2[C@@H]3c5c(ccc6ccc(-c7ccccc7)c(c56)C(=O)[C@@]3(O)O4)O[C@@]12O. The Morgan fingerprint density at radius 2 is 0.978 bits per heavy atom. The molecule has 0 unspecified atom stereocenters. The van der Waals surface area contributed by atoms with Crippen molar-refractivity contribution in [3.05, 3.63) is 125 Å². The summed E-state index contributed by atoms with van der Waals surface area (Å²) in [5, 5.41) is 37.6. The zero-order valence-electron chi connectivity index (χ0n) is 23.4. The van der Waals surface area contributed by atoms with E-state index in [4.69, 9.17) is 9.47 Å². The molecule has 0 saturated heterocycles. The van der Waals surface area contributed by atoms with E-state index in [1.807, 2.05) is 54.6 Å². The third-order valence-corrected chi connectivity index (χ3v) is 10.1. The maximum Gasteiger partial charge on any atom is 0.280 e. The lowest BCUT2D eigenvalue weighted by Gasteiger charge is -2.55. The fourth-order valence-electron chi connectivity index (χ4n) is 8.23. The Kier molecular flexibility index (Phi) is 4.40. The molecule has 3 N–H and O–H groups in total. The molecule has 7 heteroatoms. The van der Waals surface area contributed by atoms with Crippen molar-refractivity contribution in [1.82, 2.24) is 0 Å². The van der Waals surface area contributed by atoms with Gasteiger partial charge < -0.3 is 24.8 Å². The first-order valence-electron chi connectivity index (χ1n) is 14.8. The topological polar surface area (TPSA) is 113 Å². The highest BCUT2D eigenvalue weighted by molar-refractivity contribution is 6.23. The van der Waals surface area contributed by atoms with Crippen molar-refractivity contribution in [3.63, 3.8) is 0 Å². The molecule has 0 fully saturated rings. The average molecular weight is 591 g/mol. The molecule has 6 aromatic rings. The van der Waals surface area contributed by atoms with E-state index in [1.54, 1.807) is 36.4 Å². The minimum absolute atomic E-state index is 0.0828. The minimum Gasteiger partial charge on any atom is -0.508 e. The summed E-state index contributed by atoms with van der Waals surface area (Å²) in [6.07, 6.45) is 0. The second-order valence-corrected chi connectivity index (χ2v) is 12.3. The summed E-state index contributed by atoms with van der Waals surface area (Å²) in [7, 11) is 0. The molecular formula is C38H22O7. The number of carbonyl (C=O) groups excluding carboxylic acids is 2. The normalized spacial score (nSPS) is 24.9. The number of ketones is 2. The van der Waals surface area contributed by atoms with Crippen LogP contribution in [0.1, 0.15) is 43.7 Å². The molecule has 0 radical (unpaired) electrons. The number of ether oxygens (including phenoxy) is 2. The maximum atomic E-state index is 14.7. The highest BCUT2D eigenvalue weighted by atomic mass is 16.6. The first kappa shape index (κ1) is 24.9. The molecule has 2 heterocycles. The van der Waals surface area contributed by atoms with E-state index in [1.165, 1.54) is 12.1 Å². The number of hydrogen-bond donors (Lipinski definition) is 3. The molecule has 216 valence electrons. The largest absolute Gasteiger partial charge is 0.508 e. The molecule has 0 bridgehead atoms. The molecule has 4 atom stereocenters. The highest BCUT2D eigenvalue weighted by Gasteiger charge is 2.70. The molecule has 0 aromatic heterocycles. The molecule has 6 aromatic carbocycles. The molecule has 4 aliphatic rings. The smallest absolute Gasteiger partial charge is 0.280 e. The summed E-state index contributed by atoms with van der Waals surface area (Å²) in [5.74, 6) is -7.94. The van der Waals surface area contributed by atoms with Gasteiger partial charge in [-0.1, -0.05) is 78.9 Å². The van der Waals surface area contributed by atoms with Gasteiger partial charge >= 0.3 is 0 Å². The van der Waals surface area contributed by atoms with Gasteiger partial charge in [0.15, 0.2) is 0 Å². The number of hydrogen-bond acceptors (Lipinski definition) is 7. The van der Waals surface area contributed by atoms with Crippen LogP contribution in [0.3, 0.4) is 0 Å². The number of rotatable bonds is 2. The molecule has 7 nitrogen and oxygen atoms in total. The van der Waals surface area contributed by atoms with Gasteiger partial charge in [0.1, 0.15) is 17.2 Å². The molecule has 2 aliphatic carbocycles. The molecule has 0 amide bonds. The molecule has 0 saturated carbocycles. The summed E-state index contributed by atoms with van der Waals surface area (Å²) in [6, 6.07) is 30.4. The van der Waals surface area contributed by atoms with E-state index >= 15 is 0 Å². The van der Waals surface area contributed by atoms with Crippen LogP contribution in [-0.4, -0.2) is 38.5 Å². The van der Waals surface area contributed by atoms with Gasteiger partial charge in [-0.05, 0) is 57.3 Å². The van der Waals surface area contributed by atoms with Crippen LogP contribution in [0.15, 0.2) is 103 Å². The van der Waals surface area contributed by atoms with Crippen molar-refractivity contribution >= 4 is 33.1 Å². The number of aliphatic hydroxyl groups is 2. The van der Waals surface area contributed by atoms with E-state index < -0.39 is 35.0 Å². The molecular weight excluding hydrogens is 568 g/mol. The van der Waals surface area contributed by atoms with Gasteiger partial charge in [-0.25, -0.2) is 0 Å². The van der Waals surface area contributed by atoms with E-state index in [2.05, 4.69) is 0 Å².